The second kappa shape index (κ2) is 3.46. The molecule has 0 bridgehead atoms. The molecule has 0 aromatic carbocycles. The third-order valence-corrected chi connectivity index (χ3v) is 0.800. The SMILES string of the molecule is C=C(Cl)/C=C(/F)C(=C)C. The van der Waals surface area contributed by atoms with Gasteiger partial charge in [0, 0.05) is 5.03 Å². The Morgan fingerprint density at radius 1 is 1.56 bits per heavy atom. The molecule has 2 heteroatoms. The van der Waals surface area contributed by atoms with Gasteiger partial charge in [0.05, 0.1) is 0 Å². The average Bonchev–Trinajstić information content (AvgIpc) is 1.63. The van der Waals surface area contributed by atoms with Crippen LogP contribution in [0.4, 0.5) is 4.39 Å². The van der Waals surface area contributed by atoms with Crippen LogP contribution in [0.1, 0.15) is 6.92 Å². The topological polar surface area (TPSA) is 0 Å². The van der Waals surface area contributed by atoms with Crippen molar-refractivity contribution in [2.24, 2.45) is 0 Å². The maximum absolute atomic E-state index is 12.4. The Bertz CT molecular complexity index is 168. The predicted molar refractivity (Wildman–Crippen MR) is 39.0 cm³/mol. The molecule has 0 spiro atoms. The second-order valence-electron chi connectivity index (χ2n) is 1.72. The third kappa shape index (κ3) is 3.98. The van der Waals surface area contributed by atoms with Gasteiger partial charge in [0.2, 0.25) is 0 Å². The maximum Gasteiger partial charge on any atom is 0.126 e. The van der Waals surface area contributed by atoms with Gasteiger partial charge in [0.15, 0.2) is 0 Å². The first-order valence-electron chi connectivity index (χ1n) is 2.41. The zero-order chi connectivity index (χ0) is 7.44. The summed E-state index contributed by atoms with van der Waals surface area (Å²) in [7, 11) is 0. The van der Waals surface area contributed by atoms with Crippen LogP contribution in [0, 0.1) is 0 Å². The zero-order valence-electron chi connectivity index (χ0n) is 5.25. The number of hydrogen-bond donors (Lipinski definition) is 0. The highest BCUT2D eigenvalue weighted by atomic mass is 35.5. The Hall–Kier alpha value is -0.560. The molecule has 0 saturated heterocycles. The van der Waals surface area contributed by atoms with Gasteiger partial charge in [-0.1, -0.05) is 24.8 Å². The molecule has 0 heterocycles. The molecule has 0 saturated carbocycles. The molecule has 0 aromatic rings. The summed E-state index contributed by atoms with van der Waals surface area (Å²) >= 11 is 5.26. The normalized spacial score (nSPS) is 11.2. The number of halogens is 2. The fourth-order valence-corrected chi connectivity index (χ4v) is 0.356. The lowest BCUT2D eigenvalue weighted by Crippen LogP contribution is -1.72. The lowest BCUT2D eigenvalue weighted by Gasteiger charge is -1.90. The van der Waals surface area contributed by atoms with Gasteiger partial charge in [0.25, 0.3) is 0 Å². The van der Waals surface area contributed by atoms with Gasteiger partial charge in [-0.05, 0) is 18.6 Å². The van der Waals surface area contributed by atoms with Gasteiger partial charge in [-0.25, -0.2) is 4.39 Å². The zero-order valence-corrected chi connectivity index (χ0v) is 6.00. The first-order valence-corrected chi connectivity index (χ1v) is 2.79. The van der Waals surface area contributed by atoms with Gasteiger partial charge >= 0.3 is 0 Å². The monoisotopic (exact) mass is 146 g/mol. The molecule has 50 valence electrons. The number of rotatable bonds is 2. The van der Waals surface area contributed by atoms with Gasteiger partial charge in [0.1, 0.15) is 5.83 Å². The third-order valence-electron chi connectivity index (χ3n) is 0.691. The second-order valence-corrected chi connectivity index (χ2v) is 2.20. The van der Waals surface area contributed by atoms with Crippen LogP contribution in [0.15, 0.2) is 35.7 Å². The quantitative estimate of drug-likeness (QED) is 0.525. The first-order chi connectivity index (χ1) is 4.04. The smallest absolute Gasteiger partial charge is 0.126 e. The lowest BCUT2D eigenvalue weighted by molar-refractivity contribution is 0.652. The summed E-state index contributed by atoms with van der Waals surface area (Å²) in [6, 6.07) is 0. The maximum atomic E-state index is 12.4. The minimum atomic E-state index is -0.421. The molecular formula is C7H8ClF. The van der Waals surface area contributed by atoms with Crippen molar-refractivity contribution in [3.05, 3.63) is 35.7 Å². The molecule has 0 N–H and O–H groups in total. The van der Waals surface area contributed by atoms with Gasteiger partial charge in [-0.15, -0.1) is 0 Å². The standard InChI is InChI=1S/C7H8ClF/c1-5(2)7(9)4-6(3)8/h4H,1,3H2,2H3/b7-4+. The van der Waals surface area contributed by atoms with Crippen LogP contribution < -0.4 is 0 Å². The molecule has 0 amide bonds. The minimum Gasteiger partial charge on any atom is -0.207 e. The van der Waals surface area contributed by atoms with E-state index in [1.54, 1.807) is 6.92 Å². The van der Waals surface area contributed by atoms with E-state index < -0.39 is 5.83 Å². The van der Waals surface area contributed by atoms with E-state index in [9.17, 15) is 4.39 Å². The van der Waals surface area contributed by atoms with E-state index in [0.717, 1.165) is 6.08 Å². The first kappa shape index (κ1) is 8.44. The van der Waals surface area contributed by atoms with Crippen molar-refractivity contribution in [1.29, 1.82) is 0 Å². The summed E-state index contributed by atoms with van der Waals surface area (Å²) in [6.07, 6.45) is 1.13. The van der Waals surface area contributed by atoms with Gasteiger partial charge in [-0.3, -0.25) is 0 Å². The van der Waals surface area contributed by atoms with Crippen LogP contribution in [0.3, 0.4) is 0 Å². The molecule has 0 aliphatic heterocycles. The Morgan fingerprint density at radius 3 is 2.11 bits per heavy atom. The molecule has 9 heavy (non-hydrogen) atoms. The number of hydrogen-bond acceptors (Lipinski definition) is 0. The Kier molecular flexibility index (Phi) is 3.25. The fraction of sp³-hybridized carbons (Fsp3) is 0.143. The highest BCUT2D eigenvalue weighted by Gasteiger charge is 1.92. The van der Waals surface area contributed by atoms with Crippen LogP contribution in [0.5, 0.6) is 0 Å². The molecule has 0 aliphatic rings. The molecule has 0 nitrogen and oxygen atoms in total. The van der Waals surface area contributed by atoms with Gasteiger partial charge in [-0.2, -0.15) is 0 Å². The summed E-state index contributed by atoms with van der Waals surface area (Å²) in [5, 5.41) is 0.176. The van der Waals surface area contributed by atoms with Crippen LogP contribution >= 0.6 is 11.6 Å². The van der Waals surface area contributed by atoms with E-state index in [2.05, 4.69) is 13.2 Å². The van der Waals surface area contributed by atoms with E-state index in [1.165, 1.54) is 0 Å². The van der Waals surface area contributed by atoms with Crippen molar-refractivity contribution < 1.29 is 4.39 Å². The largest absolute Gasteiger partial charge is 0.207 e. The highest BCUT2D eigenvalue weighted by molar-refractivity contribution is 6.30. The molecular weight excluding hydrogens is 139 g/mol. The van der Waals surface area contributed by atoms with Crippen molar-refractivity contribution in [2.75, 3.05) is 0 Å². The molecule has 0 radical (unpaired) electrons. The molecule has 0 fully saturated rings. The number of allylic oxidation sites excluding steroid dienone is 4. The Morgan fingerprint density at radius 2 is 2.00 bits per heavy atom. The molecule has 0 unspecified atom stereocenters. The summed E-state index contributed by atoms with van der Waals surface area (Å²) in [6.45, 7) is 8.21. The van der Waals surface area contributed by atoms with Crippen molar-refractivity contribution >= 4 is 11.6 Å². The van der Waals surface area contributed by atoms with Crippen LogP contribution in [0.2, 0.25) is 0 Å². The van der Waals surface area contributed by atoms with E-state index in [4.69, 9.17) is 11.6 Å². The van der Waals surface area contributed by atoms with E-state index in [0.29, 0.717) is 5.57 Å². The summed E-state index contributed by atoms with van der Waals surface area (Å²) in [5.41, 5.74) is 0.358. The van der Waals surface area contributed by atoms with Crippen molar-refractivity contribution in [2.45, 2.75) is 6.92 Å². The van der Waals surface area contributed by atoms with Crippen molar-refractivity contribution in [1.82, 2.24) is 0 Å². The predicted octanol–water partition coefficient (Wildman–Crippen LogP) is 3.17. The summed E-state index contributed by atoms with van der Waals surface area (Å²) < 4.78 is 12.4. The van der Waals surface area contributed by atoms with Gasteiger partial charge < -0.3 is 0 Å². The van der Waals surface area contributed by atoms with Crippen molar-refractivity contribution in [3.8, 4) is 0 Å². The van der Waals surface area contributed by atoms with Crippen molar-refractivity contribution in [3.63, 3.8) is 0 Å². The average molecular weight is 147 g/mol. The lowest BCUT2D eigenvalue weighted by atomic mass is 10.3. The molecule has 0 aromatic heterocycles. The van der Waals surface area contributed by atoms with Crippen LogP contribution in [-0.2, 0) is 0 Å². The van der Waals surface area contributed by atoms with E-state index >= 15 is 0 Å². The molecule has 0 atom stereocenters. The fourth-order valence-electron chi connectivity index (χ4n) is 0.261. The van der Waals surface area contributed by atoms with E-state index in [-0.39, 0.29) is 5.03 Å². The van der Waals surface area contributed by atoms with Crippen LogP contribution in [0.25, 0.3) is 0 Å². The summed E-state index contributed by atoms with van der Waals surface area (Å²) in [5.74, 6) is -0.421. The van der Waals surface area contributed by atoms with E-state index in [1.807, 2.05) is 0 Å². The molecule has 0 rings (SSSR count). The van der Waals surface area contributed by atoms with Crippen LogP contribution in [-0.4, -0.2) is 0 Å². The molecule has 0 aliphatic carbocycles. The summed E-state index contributed by atoms with van der Waals surface area (Å²) in [4.78, 5) is 0. The Labute approximate surface area is 59.3 Å². The Balaban J connectivity index is 4.17. The highest BCUT2D eigenvalue weighted by Crippen LogP contribution is 2.12. The minimum absolute atomic E-state index is 0.176.